The molecule has 0 radical (unpaired) electrons. The first kappa shape index (κ1) is 18.8. The van der Waals surface area contributed by atoms with E-state index in [2.05, 4.69) is 41.5 Å². The molecule has 0 bridgehead atoms. The maximum absolute atomic E-state index is 12.7. The third-order valence-electron chi connectivity index (χ3n) is 4.92. The summed E-state index contributed by atoms with van der Waals surface area (Å²) < 4.78 is 1.68. The van der Waals surface area contributed by atoms with Crippen molar-refractivity contribution >= 4 is 16.9 Å². The third kappa shape index (κ3) is 3.77. The molecule has 0 saturated heterocycles. The predicted molar refractivity (Wildman–Crippen MR) is 108 cm³/mol. The van der Waals surface area contributed by atoms with Crippen LogP contribution < -0.4 is 10.9 Å². The van der Waals surface area contributed by atoms with E-state index in [4.69, 9.17) is 0 Å². The molecule has 1 amide bonds. The first-order chi connectivity index (χ1) is 12.9. The first-order valence-electron chi connectivity index (χ1n) is 9.35. The zero-order valence-electron chi connectivity index (χ0n) is 16.2. The Hall–Kier alpha value is -2.95. The van der Waals surface area contributed by atoms with Crippen LogP contribution in [-0.2, 0) is 13.0 Å². The molecule has 0 aliphatic heterocycles. The van der Waals surface area contributed by atoms with E-state index in [-0.39, 0.29) is 17.5 Å². The molecule has 3 aromatic rings. The Bertz CT molecular complexity index is 1040. The number of hydrogen-bond donors (Lipinski definition) is 1. The van der Waals surface area contributed by atoms with Gasteiger partial charge in [-0.3, -0.25) is 9.59 Å². The second-order valence-corrected chi connectivity index (χ2v) is 6.74. The van der Waals surface area contributed by atoms with Crippen LogP contribution in [0.4, 0.5) is 0 Å². The van der Waals surface area contributed by atoms with Crippen molar-refractivity contribution in [3.63, 3.8) is 0 Å². The SMILES string of the molecule is CCc1ccc(C(C)NC(=O)c2ccc3c(c2)nc(C)c(=O)n3CC)cc1. The van der Waals surface area contributed by atoms with Gasteiger partial charge in [0.1, 0.15) is 5.69 Å². The summed E-state index contributed by atoms with van der Waals surface area (Å²) in [5.41, 5.74) is 4.62. The summed E-state index contributed by atoms with van der Waals surface area (Å²) in [7, 11) is 0. The summed E-state index contributed by atoms with van der Waals surface area (Å²) in [5.74, 6) is -0.155. The van der Waals surface area contributed by atoms with Crippen molar-refractivity contribution in [2.45, 2.75) is 46.7 Å². The maximum Gasteiger partial charge on any atom is 0.272 e. The molecule has 1 unspecified atom stereocenters. The van der Waals surface area contributed by atoms with Crippen molar-refractivity contribution in [1.29, 1.82) is 0 Å². The van der Waals surface area contributed by atoms with Gasteiger partial charge in [-0.15, -0.1) is 0 Å². The standard InChI is InChI=1S/C22H25N3O2/c1-5-16-7-9-17(10-8-16)14(3)24-21(26)18-11-12-20-19(13-18)23-15(4)22(27)25(20)6-2/h7-14H,5-6H2,1-4H3,(H,24,26). The van der Waals surface area contributed by atoms with Crippen molar-refractivity contribution in [1.82, 2.24) is 14.9 Å². The smallest absolute Gasteiger partial charge is 0.272 e. The second kappa shape index (κ2) is 7.74. The van der Waals surface area contributed by atoms with E-state index in [1.807, 2.05) is 13.8 Å². The lowest BCUT2D eigenvalue weighted by Gasteiger charge is -2.15. The fourth-order valence-electron chi connectivity index (χ4n) is 3.23. The minimum absolute atomic E-state index is 0.0913. The summed E-state index contributed by atoms with van der Waals surface area (Å²) in [6.07, 6.45) is 0.993. The van der Waals surface area contributed by atoms with Crippen LogP contribution in [0, 0.1) is 6.92 Å². The third-order valence-corrected chi connectivity index (χ3v) is 4.92. The van der Waals surface area contributed by atoms with E-state index in [0.29, 0.717) is 23.3 Å². The van der Waals surface area contributed by atoms with Gasteiger partial charge in [-0.25, -0.2) is 4.98 Å². The lowest BCUT2D eigenvalue weighted by molar-refractivity contribution is 0.0940. The molecular formula is C22H25N3O2. The van der Waals surface area contributed by atoms with Crippen LogP contribution in [0.1, 0.15) is 54.0 Å². The zero-order valence-corrected chi connectivity index (χ0v) is 16.2. The predicted octanol–water partition coefficient (Wildman–Crippen LogP) is 3.78. The minimum atomic E-state index is -0.155. The number of rotatable bonds is 5. The van der Waals surface area contributed by atoms with Gasteiger partial charge in [-0.1, -0.05) is 31.2 Å². The van der Waals surface area contributed by atoms with E-state index in [0.717, 1.165) is 17.5 Å². The molecule has 1 aromatic heterocycles. The summed E-state index contributed by atoms with van der Waals surface area (Å²) >= 11 is 0. The molecule has 1 N–H and O–H groups in total. The van der Waals surface area contributed by atoms with Crippen LogP contribution in [0.2, 0.25) is 0 Å². The Morgan fingerprint density at radius 2 is 1.85 bits per heavy atom. The van der Waals surface area contributed by atoms with Crippen molar-refractivity contribution in [2.24, 2.45) is 0 Å². The molecule has 0 aliphatic carbocycles. The van der Waals surface area contributed by atoms with Crippen molar-refractivity contribution in [3.05, 3.63) is 75.2 Å². The van der Waals surface area contributed by atoms with Crippen LogP contribution >= 0.6 is 0 Å². The van der Waals surface area contributed by atoms with Crippen molar-refractivity contribution in [2.75, 3.05) is 0 Å². The zero-order chi connectivity index (χ0) is 19.6. The molecule has 5 nitrogen and oxygen atoms in total. The number of carbonyl (C=O) groups is 1. The summed E-state index contributed by atoms with van der Waals surface area (Å²) in [5, 5.41) is 3.03. The van der Waals surface area contributed by atoms with Crippen LogP contribution in [0.5, 0.6) is 0 Å². The molecule has 0 aliphatic rings. The molecule has 2 aromatic carbocycles. The van der Waals surface area contributed by atoms with Gasteiger partial charge in [0.05, 0.1) is 17.1 Å². The van der Waals surface area contributed by atoms with E-state index < -0.39 is 0 Å². The lowest BCUT2D eigenvalue weighted by Crippen LogP contribution is -2.27. The van der Waals surface area contributed by atoms with Gasteiger partial charge in [0, 0.05) is 12.1 Å². The van der Waals surface area contributed by atoms with Gasteiger partial charge in [0.15, 0.2) is 0 Å². The van der Waals surface area contributed by atoms with Crippen LogP contribution in [-0.4, -0.2) is 15.5 Å². The van der Waals surface area contributed by atoms with E-state index in [1.165, 1.54) is 5.56 Å². The molecule has 1 heterocycles. The highest BCUT2D eigenvalue weighted by molar-refractivity contribution is 5.97. The minimum Gasteiger partial charge on any atom is -0.346 e. The number of benzene rings is 2. The van der Waals surface area contributed by atoms with Crippen molar-refractivity contribution in [3.8, 4) is 0 Å². The molecule has 3 rings (SSSR count). The molecule has 5 heteroatoms. The Morgan fingerprint density at radius 3 is 2.48 bits per heavy atom. The number of fused-ring (bicyclic) bond motifs is 1. The molecule has 0 spiro atoms. The highest BCUT2D eigenvalue weighted by Crippen LogP contribution is 2.17. The van der Waals surface area contributed by atoms with Gasteiger partial charge >= 0.3 is 0 Å². The fourth-order valence-corrected chi connectivity index (χ4v) is 3.23. The summed E-state index contributed by atoms with van der Waals surface area (Å²) in [6, 6.07) is 13.5. The molecule has 27 heavy (non-hydrogen) atoms. The van der Waals surface area contributed by atoms with E-state index in [1.54, 1.807) is 29.7 Å². The molecule has 0 saturated carbocycles. The number of amides is 1. The second-order valence-electron chi connectivity index (χ2n) is 6.74. The Kier molecular flexibility index (Phi) is 5.40. The normalized spacial score (nSPS) is 12.1. The summed E-state index contributed by atoms with van der Waals surface area (Å²) in [6.45, 7) is 8.27. The van der Waals surface area contributed by atoms with Crippen molar-refractivity contribution < 1.29 is 4.79 Å². The van der Waals surface area contributed by atoms with Gasteiger partial charge in [-0.05, 0) is 56.5 Å². The van der Waals surface area contributed by atoms with Gasteiger partial charge in [0.2, 0.25) is 0 Å². The maximum atomic E-state index is 12.7. The molecule has 0 fully saturated rings. The lowest BCUT2D eigenvalue weighted by atomic mass is 10.0. The number of carbonyl (C=O) groups excluding carboxylic acids is 1. The average molecular weight is 363 g/mol. The number of aromatic nitrogens is 2. The highest BCUT2D eigenvalue weighted by atomic mass is 16.1. The molecule has 140 valence electrons. The molecule has 1 atom stereocenters. The summed E-state index contributed by atoms with van der Waals surface area (Å²) in [4.78, 5) is 29.3. The van der Waals surface area contributed by atoms with E-state index >= 15 is 0 Å². The van der Waals surface area contributed by atoms with Gasteiger partial charge in [0.25, 0.3) is 11.5 Å². The number of hydrogen-bond acceptors (Lipinski definition) is 3. The number of nitrogens with one attached hydrogen (secondary N) is 1. The Balaban J connectivity index is 1.86. The largest absolute Gasteiger partial charge is 0.346 e. The topological polar surface area (TPSA) is 64.0 Å². The monoisotopic (exact) mass is 363 g/mol. The van der Waals surface area contributed by atoms with E-state index in [9.17, 15) is 9.59 Å². The van der Waals surface area contributed by atoms with Gasteiger partial charge < -0.3 is 9.88 Å². The quantitative estimate of drug-likeness (QED) is 0.750. The number of aryl methyl sites for hydroxylation is 3. The Morgan fingerprint density at radius 1 is 1.15 bits per heavy atom. The van der Waals surface area contributed by atoms with Crippen LogP contribution in [0.15, 0.2) is 47.3 Å². The average Bonchev–Trinajstić information content (AvgIpc) is 2.68. The number of nitrogens with zero attached hydrogens (tertiary/aromatic N) is 2. The highest BCUT2D eigenvalue weighted by Gasteiger charge is 2.14. The Labute approximate surface area is 159 Å². The first-order valence-corrected chi connectivity index (χ1v) is 9.35. The fraction of sp³-hybridized carbons (Fsp3) is 0.318. The van der Waals surface area contributed by atoms with Gasteiger partial charge in [-0.2, -0.15) is 0 Å². The van der Waals surface area contributed by atoms with Crippen LogP contribution in [0.25, 0.3) is 11.0 Å². The molecular weight excluding hydrogens is 338 g/mol. The van der Waals surface area contributed by atoms with Crippen LogP contribution in [0.3, 0.4) is 0 Å².